The lowest BCUT2D eigenvalue weighted by Crippen LogP contribution is -2.34. The van der Waals surface area contributed by atoms with Gasteiger partial charge in [-0.3, -0.25) is 13.8 Å². The molecule has 8 nitrogen and oxygen atoms in total. The van der Waals surface area contributed by atoms with Crippen LogP contribution in [0.2, 0.25) is 0 Å². The van der Waals surface area contributed by atoms with Crippen molar-refractivity contribution in [3.8, 4) is 0 Å². The fraction of sp³-hybridized carbons (Fsp3) is 0.833. The van der Waals surface area contributed by atoms with Gasteiger partial charge in [-0.2, -0.15) is 0 Å². The van der Waals surface area contributed by atoms with E-state index in [4.69, 9.17) is 20.8 Å². The molecule has 15 heavy (non-hydrogen) atoms. The van der Waals surface area contributed by atoms with E-state index < -0.39 is 39.2 Å². The van der Waals surface area contributed by atoms with Gasteiger partial charge >= 0.3 is 13.8 Å². The lowest BCUT2D eigenvalue weighted by atomic mass is 10.3. The van der Waals surface area contributed by atoms with Crippen molar-refractivity contribution in [1.82, 2.24) is 0 Å². The molecule has 0 aliphatic rings. The van der Waals surface area contributed by atoms with Crippen molar-refractivity contribution in [2.45, 2.75) is 19.1 Å². The fourth-order valence-corrected chi connectivity index (χ4v) is 1.31. The summed E-state index contributed by atoms with van der Waals surface area (Å²) < 4.78 is 19.6. The van der Waals surface area contributed by atoms with Crippen molar-refractivity contribution in [3.63, 3.8) is 0 Å². The molecule has 0 saturated heterocycles. The molecule has 0 aromatic heterocycles. The summed E-state index contributed by atoms with van der Waals surface area (Å²) in [4.78, 5) is 19.2. The van der Waals surface area contributed by atoms with Crippen molar-refractivity contribution in [2.24, 2.45) is 5.73 Å². The molecule has 3 atom stereocenters. The molecule has 0 rings (SSSR count). The second-order valence-electron chi connectivity index (χ2n) is 2.85. The zero-order valence-electron chi connectivity index (χ0n) is 8.07. The number of aliphatic carboxylic acids is 1. The summed E-state index contributed by atoms with van der Waals surface area (Å²) in [5.74, 6) is -1.36. The molecule has 0 radical (unpaired) electrons. The molecule has 0 aromatic rings. The molecule has 5 N–H and O–H groups in total. The van der Waals surface area contributed by atoms with Crippen LogP contribution in [0.1, 0.15) is 6.92 Å². The Morgan fingerprint density at radius 3 is 2.33 bits per heavy atom. The van der Waals surface area contributed by atoms with Gasteiger partial charge in [-0.1, -0.05) is 0 Å². The standard InChI is InChI=1S/C6H14NO7P/c1-4(8)2-13-15(11,12)14-3-5(7)6(9)10/h4-5,8H,2-3,7H2,1H3,(H,9,10)(H,11,12)/t4-,5+/m1/s1. The molecule has 0 aromatic carbocycles. The van der Waals surface area contributed by atoms with E-state index in [-0.39, 0.29) is 0 Å². The minimum atomic E-state index is -4.34. The molecular weight excluding hydrogens is 229 g/mol. The zero-order valence-corrected chi connectivity index (χ0v) is 8.96. The Morgan fingerprint density at radius 1 is 1.47 bits per heavy atom. The summed E-state index contributed by atoms with van der Waals surface area (Å²) >= 11 is 0. The minimum Gasteiger partial charge on any atom is -0.480 e. The van der Waals surface area contributed by atoms with Gasteiger partial charge in [0, 0.05) is 0 Å². The number of aliphatic hydroxyl groups is 1. The van der Waals surface area contributed by atoms with Gasteiger partial charge in [0.05, 0.1) is 19.3 Å². The predicted octanol–water partition coefficient (Wildman–Crippen LogP) is -1.09. The van der Waals surface area contributed by atoms with Crippen molar-refractivity contribution >= 4 is 13.8 Å². The van der Waals surface area contributed by atoms with Crippen molar-refractivity contribution in [3.05, 3.63) is 0 Å². The second kappa shape index (κ2) is 6.16. The summed E-state index contributed by atoms with van der Waals surface area (Å²) in [7, 11) is -4.34. The third-order valence-corrected chi connectivity index (χ3v) is 2.16. The summed E-state index contributed by atoms with van der Waals surface area (Å²) in [5.41, 5.74) is 5.02. The Kier molecular flexibility index (Phi) is 5.96. The number of rotatable bonds is 7. The molecule has 0 aliphatic heterocycles. The van der Waals surface area contributed by atoms with E-state index in [9.17, 15) is 9.36 Å². The molecule has 0 bridgehead atoms. The number of carboxylic acid groups (broad SMARTS) is 1. The maximum atomic E-state index is 11.0. The number of phosphoric ester groups is 1. The van der Waals surface area contributed by atoms with Crippen LogP contribution in [0.25, 0.3) is 0 Å². The van der Waals surface area contributed by atoms with E-state index in [1.165, 1.54) is 6.92 Å². The van der Waals surface area contributed by atoms with Crippen LogP contribution in [0.3, 0.4) is 0 Å². The highest BCUT2D eigenvalue weighted by Gasteiger charge is 2.24. The average molecular weight is 243 g/mol. The van der Waals surface area contributed by atoms with E-state index in [1.54, 1.807) is 0 Å². The number of hydrogen-bond donors (Lipinski definition) is 4. The Hall–Kier alpha value is -0.500. The number of aliphatic hydroxyl groups excluding tert-OH is 1. The Labute approximate surface area is 86.2 Å². The third-order valence-electron chi connectivity index (χ3n) is 1.21. The van der Waals surface area contributed by atoms with Crippen molar-refractivity contribution in [2.75, 3.05) is 13.2 Å². The normalized spacial score (nSPS) is 19.2. The summed E-state index contributed by atoms with van der Waals surface area (Å²) in [6.07, 6.45) is -0.928. The van der Waals surface area contributed by atoms with Crippen molar-refractivity contribution < 1.29 is 33.5 Å². The van der Waals surface area contributed by atoms with Crippen LogP contribution in [0, 0.1) is 0 Å². The van der Waals surface area contributed by atoms with Gasteiger partial charge in [0.15, 0.2) is 0 Å². The van der Waals surface area contributed by atoms with Crippen LogP contribution >= 0.6 is 7.82 Å². The zero-order chi connectivity index (χ0) is 12.1. The topological polar surface area (TPSA) is 139 Å². The van der Waals surface area contributed by atoms with Crippen LogP contribution < -0.4 is 5.73 Å². The first-order valence-corrected chi connectivity index (χ1v) is 5.52. The Bertz CT molecular complexity index is 256. The average Bonchev–Trinajstić information content (AvgIpc) is 2.11. The van der Waals surface area contributed by atoms with Crippen molar-refractivity contribution in [1.29, 1.82) is 0 Å². The Morgan fingerprint density at radius 2 is 1.93 bits per heavy atom. The Balaban J connectivity index is 3.93. The van der Waals surface area contributed by atoms with Gasteiger partial charge in [-0.25, -0.2) is 4.57 Å². The van der Waals surface area contributed by atoms with Crippen LogP contribution in [-0.2, 0) is 18.4 Å². The van der Waals surface area contributed by atoms with Crippen LogP contribution in [-0.4, -0.2) is 46.4 Å². The van der Waals surface area contributed by atoms with Gasteiger partial charge < -0.3 is 20.8 Å². The largest absolute Gasteiger partial charge is 0.480 e. The van der Waals surface area contributed by atoms with E-state index in [1.807, 2.05) is 0 Å². The molecule has 90 valence electrons. The van der Waals surface area contributed by atoms with E-state index in [0.717, 1.165) is 0 Å². The van der Waals surface area contributed by atoms with E-state index in [0.29, 0.717) is 0 Å². The van der Waals surface area contributed by atoms with Gasteiger partial charge in [0.1, 0.15) is 6.04 Å². The van der Waals surface area contributed by atoms with Crippen LogP contribution in [0.4, 0.5) is 0 Å². The van der Waals surface area contributed by atoms with Crippen LogP contribution in [0.15, 0.2) is 0 Å². The minimum absolute atomic E-state index is 0.393. The molecule has 9 heteroatoms. The lowest BCUT2D eigenvalue weighted by molar-refractivity contribution is -0.139. The quantitative estimate of drug-likeness (QED) is 0.413. The predicted molar refractivity (Wildman–Crippen MR) is 49.0 cm³/mol. The molecule has 0 spiro atoms. The van der Waals surface area contributed by atoms with Gasteiger partial charge in [0.25, 0.3) is 0 Å². The summed E-state index contributed by atoms with van der Waals surface area (Å²) in [6.45, 7) is 0.308. The molecule has 1 unspecified atom stereocenters. The molecule has 0 saturated carbocycles. The molecule has 0 fully saturated rings. The molecule has 0 heterocycles. The highest BCUT2D eigenvalue weighted by molar-refractivity contribution is 7.47. The maximum absolute atomic E-state index is 11.0. The maximum Gasteiger partial charge on any atom is 0.472 e. The SMILES string of the molecule is C[C@@H](O)COP(=O)(O)OC[C@H](N)C(=O)O. The number of carboxylic acids is 1. The van der Waals surface area contributed by atoms with Crippen LogP contribution in [0.5, 0.6) is 0 Å². The first-order valence-electron chi connectivity index (χ1n) is 4.03. The van der Waals surface area contributed by atoms with E-state index in [2.05, 4.69) is 9.05 Å². The first-order chi connectivity index (χ1) is 6.74. The number of carbonyl (C=O) groups is 1. The summed E-state index contributed by atoms with van der Waals surface area (Å²) in [6, 6.07) is -1.40. The molecular formula is C6H14NO7P. The smallest absolute Gasteiger partial charge is 0.472 e. The lowest BCUT2D eigenvalue weighted by Gasteiger charge is -2.14. The highest BCUT2D eigenvalue weighted by atomic mass is 31.2. The van der Waals surface area contributed by atoms with E-state index >= 15 is 0 Å². The van der Waals surface area contributed by atoms with Gasteiger partial charge in [-0.05, 0) is 6.92 Å². The molecule has 0 aliphatic carbocycles. The van der Waals surface area contributed by atoms with Gasteiger partial charge in [-0.15, -0.1) is 0 Å². The first kappa shape index (κ1) is 14.5. The summed E-state index contributed by atoms with van der Waals surface area (Å²) in [5, 5.41) is 17.1. The fourth-order valence-electron chi connectivity index (χ4n) is 0.485. The molecule has 0 amide bonds. The number of hydrogen-bond acceptors (Lipinski definition) is 6. The second-order valence-corrected chi connectivity index (χ2v) is 4.31. The van der Waals surface area contributed by atoms with Gasteiger partial charge in [0.2, 0.25) is 0 Å². The number of phosphoric acid groups is 1. The monoisotopic (exact) mass is 243 g/mol. The number of nitrogens with two attached hydrogens (primary N) is 1. The third kappa shape index (κ3) is 7.43. The highest BCUT2D eigenvalue weighted by Crippen LogP contribution is 2.43.